The largest absolute Gasteiger partial charge is 0.318 e. The summed E-state index contributed by atoms with van der Waals surface area (Å²) in [6, 6.07) is 5.75. The van der Waals surface area contributed by atoms with Gasteiger partial charge in [0.15, 0.2) is 0 Å². The normalized spacial score (nSPS) is 14.4. The summed E-state index contributed by atoms with van der Waals surface area (Å²) in [5, 5.41) is 4.98. The molecule has 1 aromatic heterocycles. The van der Waals surface area contributed by atoms with Gasteiger partial charge in [0.05, 0.1) is 11.7 Å². The second kappa shape index (κ2) is 5.65. The summed E-state index contributed by atoms with van der Waals surface area (Å²) in [6.45, 7) is 4.97. The van der Waals surface area contributed by atoms with Crippen molar-refractivity contribution in [3.8, 4) is 0 Å². The first-order valence-corrected chi connectivity index (χ1v) is 7.39. The van der Waals surface area contributed by atoms with Gasteiger partial charge in [0.25, 0.3) is 0 Å². The Kier molecular flexibility index (Phi) is 4.33. The lowest BCUT2D eigenvalue weighted by Crippen LogP contribution is -2.34. The molecule has 0 saturated carbocycles. The number of hydrogen-bond acceptors (Lipinski definition) is 2. The van der Waals surface area contributed by atoms with Crippen molar-refractivity contribution >= 4 is 27.5 Å². The van der Waals surface area contributed by atoms with Crippen molar-refractivity contribution < 1.29 is 0 Å². The topological polar surface area (TPSA) is 43.8 Å². The number of halogens is 2. The Morgan fingerprint density at radius 2 is 2.21 bits per heavy atom. The maximum absolute atomic E-state index is 6.47. The Balaban J connectivity index is 2.39. The van der Waals surface area contributed by atoms with E-state index >= 15 is 0 Å². The van der Waals surface area contributed by atoms with Crippen LogP contribution >= 0.6 is 27.5 Å². The van der Waals surface area contributed by atoms with Gasteiger partial charge in [0.1, 0.15) is 0 Å². The predicted octanol–water partition coefficient (Wildman–Crippen LogP) is 3.93. The van der Waals surface area contributed by atoms with Crippen LogP contribution in [-0.2, 0) is 12.1 Å². The zero-order valence-electron chi connectivity index (χ0n) is 11.0. The molecule has 1 atom stereocenters. The van der Waals surface area contributed by atoms with Gasteiger partial charge in [-0.1, -0.05) is 40.5 Å². The fraction of sp³-hybridized carbons (Fsp3) is 0.357. The zero-order valence-corrected chi connectivity index (χ0v) is 13.4. The van der Waals surface area contributed by atoms with Crippen molar-refractivity contribution in [3.05, 3.63) is 51.2 Å². The Labute approximate surface area is 126 Å². The fourth-order valence-electron chi connectivity index (χ4n) is 2.05. The highest BCUT2D eigenvalue weighted by molar-refractivity contribution is 9.10. The van der Waals surface area contributed by atoms with E-state index in [0.29, 0.717) is 5.02 Å². The lowest BCUT2D eigenvalue weighted by molar-refractivity contribution is 0.586. The van der Waals surface area contributed by atoms with Crippen LogP contribution < -0.4 is 5.73 Å². The smallest absolute Gasteiger partial charge is 0.0682 e. The summed E-state index contributed by atoms with van der Waals surface area (Å²) in [7, 11) is 0. The molecule has 1 unspecified atom stereocenters. The fourth-order valence-corrected chi connectivity index (χ4v) is 2.92. The first kappa shape index (κ1) is 14.6. The van der Waals surface area contributed by atoms with E-state index in [1.165, 1.54) is 0 Å². The van der Waals surface area contributed by atoms with Gasteiger partial charge in [-0.2, -0.15) is 5.10 Å². The molecule has 1 aromatic carbocycles. The molecule has 0 fully saturated rings. The molecule has 0 spiro atoms. The van der Waals surface area contributed by atoms with Crippen molar-refractivity contribution in [1.82, 2.24) is 9.78 Å². The molecule has 2 aromatic rings. The van der Waals surface area contributed by atoms with E-state index in [1.807, 2.05) is 42.2 Å². The molecule has 1 heterocycles. The van der Waals surface area contributed by atoms with Crippen LogP contribution in [0.2, 0.25) is 5.02 Å². The van der Waals surface area contributed by atoms with E-state index in [9.17, 15) is 0 Å². The first-order chi connectivity index (χ1) is 8.95. The monoisotopic (exact) mass is 341 g/mol. The van der Waals surface area contributed by atoms with Crippen LogP contribution in [0.5, 0.6) is 0 Å². The van der Waals surface area contributed by atoms with Gasteiger partial charge in [-0.3, -0.25) is 4.68 Å². The maximum Gasteiger partial charge on any atom is 0.0682 e. The third-order valence-electron chi connectivity index (χ3n) is 3.18. The summed E-state index contributed by atoms with van der Waals surface area (Å²) in [6.07, 6.45) is 4.84. The highest BCUT2D eigenvalue weighted by Gasteiger charge is 2.27. The summed E-state index contributed by atoms with van der Waals surface area (Å²) in [5.74, 6) is 0. The van der Waals surface area contributed by atoms with Gasteiger partial charge in [-0.05, 0) is 31.0 Å². The molecular formula is C14H17BrClN3. The van der Waals surface area contributed by atoms with Crippen LogP contribution in [0, 0.1) is 0 Å². The molecule has 19 heavy (non-hydrogen) atoms. The van der Waals surface area contributed by atoms with E-state index in [1.54, 1.807) is 0 Å². The molecule has 2 N–H and O–H groups in total. The van der Waals surface area contributed by atoms with Gasteiger partial charge in [0.2, 0.25) is 0 Å². The van der Waals surface area contributed by atoms with Crippen molar-refractivity contribution in [2.75, 3.05) is 0 Å². The standard InChI is InChI=1S/C14H17BrClN3/c1-3-6-19-9-10(8-18-19)14(2,17)12-5-4-11(15)7-13(12)16/h4-5,7-9H,3,6,17H2,1-2H3. The molecule has 0 bridgehead atoms. The van der Waals surface area contributed by atoms with E-state index in [4.69, 9.17) is 17.3 Å². The van der Waals surface area contributed by atoms with E-state index in [0.717, 1.165) is 28.6 Å². The molecule has 0 aliphatic carbocycles. The first-order valence-electron chi connectivity index (χ1n) is 6.22. The Morgan fingerprint density at radius 1 is 1.47 bits per heavy atom. The molecule has 0 radical (unpaired) electrons. The molecule has 0 aliphatic heterocycles. The lowest BCUT2D eigenvalue weighted by Gasteiger charge is -2.25. The second-order valence-corrected chi connectivity index (χ2v) is 6.14. The number of rotatable bonds is 4. The quantitative estimate of drug-likeness (QED) is 0.915. The second-order valence-electron chi connectivity index (χ2n) is 4.82. The number of nitrogens with zero attached hydrogens (tertiary/aromatic N) is 2. The number of hydrogen-bond donors (Lipinski definition) is 1. The Hall–Kier alpha value is -0.840. The van der Waals surface area contributed by atoms with Crippen LogP contribution in [0.25, 0.3) is 0 Å². The van der Waals surface area contributed by atoms with E-state index in [2.05, 4.69) is 28.0 Å². The van der Waals surface area contributed by atoms with Crippen molar-refractivity contribution in [3.63, 3.8) is 0 Å². The van der Waals surface area contributed by atoms with Gasteiger partial charge >= 0.3 is 0 Å². The van der Waals surface area contributed by atoms with Gasteiger partial charge in [-0.15, -0.1) is 0 Å². The molecule has 0 saturated heterocycles. The minimum atomic E-state index is -0.649. The summed E-state index contributed by atoms with van der Waals surface area (Å²) in [5.41, 5.74) is 7.68. The van der Waals surface area contributed by atoms with Crippen molar-refractivity contribution in [2.45, 2.75) is 32.4 Å². The number of aromatic nitrogens is 2. The highest BCUT2D eigenvalue weighted by Crippen LogP contribution is 2.33. The molecule has 0 aliphatic rings. The van der Waals surface area contributed by atoms with Gasteiger partial charge < -0.3 is 5.73 Å². The van der Waals surface area contributed by atoms with Crippen LogP contribution in [0.15, 0.2) is 35.1 Å². The van der Waals surface area contributed by atoms with Crippen LogP contribution in [0.1, 0.15) is 31.4 Å². The maximum atomic E-state index is 6.47. The van der Waals surface area contributed by atoms with Crippen molar-refractivity contribution in [1.29, 1.82) is 0 Å². The SMILES string of the molecule is CCCn1cc(C(C)(N)c2ccc(Br)cc2Cl)cn1. The van der Waals surface area contributed by atoms with Crippen LogP contribution in [0.4, 0.5) is 0 Å². The third kappa shape index (κ3) is 3.02. The Morgan fingerprint density at radius 3 is 2.84 bits per heavy atom. The van der Waals surface area contributed by atoms with Gasteiger partial charge in [-0.25, -0.2) is 0 Å². The summed E-state index contributed by atoms with van der Waals surface area (Å²) in [4.78, 5) is 0. The summed E-state index contributed by atoms with van der Waals surface area (Å²) < 4.78 is 2.85. The minimum absolute atomic E-state index is 0.649. The van der Waals surface area contributed by atoms with Crippen LogP contribution in [-0.4, -0.2) is 9.78 Å². The molecule has 3 nitrogen and oxygen atoms in total. The summed E-state index contributed by atoms with van der Waals surface area (Å²) >= 11 is 9.70. The van der Waals surface area contributed by atoms with Gasteiger partial charge in [0, 0.05) is 27.8 Å². The molecular weight excluding hydrogens is 326 g/mol. The molecule has 2 rings (SSSR count). The number of benzene rings is 1. The highest BCUT2D eigenvalue weighted by atomic mass is 79.9. The minimum Gasteiger partial charge on any atom is -0.318 e. The zero-order chi connectivity index (χ0) is 14.0. The average molecular weight is 343 g/mol. The lowest BCUT2D eigenvalue weighted by atomic mass is 9.88. The van der Waals surface area contributed by atoms with Crippen LogP contribution in [0.3, 0.4) is 0 Å². The third-order valence-corrected chi connectivity index (χ3v) is 3.98. The van der Waals surface area contributed by atoms with E-state index < -0.39 is 5.54 Å². The molecule has 5 heteroatoms. The van der Waals surface area contributed by atoms with Crippen molar-refractivity contribution in [2.24, 2.45) is 5.73 Å². The number of nitrogens with two attached hydrogens (primary N) is 1. The molecule has 0 amide bonds. The van der Waals surface area contributed by atoms with E-state index in [-0.39, 0.29) is 0 Å². The predicted molar refractivity (Wildman–Crippen MR) is 82.3 cm³/mol. The molecule has 102 valence electrons. The number of aryl methyl sites for hydroxylation is 1. The average Bonchev–Trinajstić information content (AvgIpc) is 2.78. The Bertz CT molecular complexity index is 578.